The average molecular weight is 323 g/mol. The molecule has 0 radical (unpaired) electrons. The van der Waals surface area contributed by atoms with Gasteiger partial charge in [-0.3, -0.25) is 4.79 Å². The van der Waals surface area contributed by atoms with Crippen LogP contribution in [0.2, 0.25) is 0 Å². The van der Waals surface area contributed by atoms with Crippen molar-refractivity contribution < 1.29 is 9.59 Å². The molecular weight excluding hydrogens is 290 g/mol. The fraction of sp³-hybridized carbons (Fsp3) is 0.889. The number of likely N-dealkylation sites (N-methyl/N-ethyl adjacent to an activating group) is 1. The summed E-state index contributed by atoms with van der Waals surface area (Å²) in [6.45, 7) is 12.8. The van der Waals surface area contributed by atoms with Gasteiger partial charge in [0.25, 0.3) is 0 Å². The van der Waals surface area contributed by atoms with E-state index in [2.05, 4.69) is 16.7 Å². The van der Waals surface area contributed by atoms with Crippen LogP contribution >= 0.6 is 0 Å². The number of hydrogen-bond acceptors (Lipinski definition) is 4. The van der Waals surface area contributed by atoms with Gasteiger partial charge in [-0.05, 0) is 45.2 Å². The molecule has 132 valence electrons. The minimum Gasteiger partial charge on any atom is -0.343 e. The minimum absolute atomic E-state index is 0.108. The number of nitrogens with zero attached hydrogens (tertiary/aromatic N) is 3. The Morgan fingerprint density at radius 3 is 2.09 bits per heavy atom. The smallest absolute Gasteiger partial charge is 0.223 e. The summed E-state index contributed by atoms with van der Waals surface area (Å²) in [6, 6.07) is 0. The first-order valence-electron chi connectivity index (χ1n) is 9.30. The Labute approximate surface area is 141 Å². The third-order valence-corrected chi connectivity index (χ3v) is 5.42. The van der Waals surface area contributed by atoms with Crippen LogP contribution in [0.25, 0.3) is 0 Å². The number of ketones is 1. The fourth-order valence-corrected chi connectivity index (χ4v) is 3.61. The molecule has 0 N–H and O–H groups in total. The summed E-state index contributed by atoms with van der Waals surface area (Å²) in [5, 5.41) is 0. The molecule has 2 fully saturated rings. The van der Waals surface area contributed by atoms with Gasteiger partial charge in [0.05, 0.1) is 0 Å². The number of amides is 1. The van der Waals surface area contributed by atoms with Crippen molar-refractivity contribution in [2.24, 2.45) is 5.92 Å². The maximum Gasteiger partial charge on any atom is 0.223 e. The standard InChI is InChI=1S/C18H33N3O2/c1-3-19-12-14-20(15-13-19)9-6-17-7-10-21(11-8-17)18(23)5-4-16(2)22/h17H,3-15H2,1-2H3. The third kappa shape index (κ3) is 6.22. The number of hydrogen-bond donors (Lipinski definition) is 0. The van der Waals surface area contributed by atoms with E-state index >= 15 is 0 Å². The molecule has 0 atom stereocenters. The largest absolute Gasteiger partial charge is 0.343 e. The van der Waals surface area contributed by atoms with Crippen molar-refractivity contribution in [3.63, 3.8) is 0 Å². The predicted octanol–water partition coefficient (Wildman–Crippen LogP) is 1.62. The average Bonchev–Trinajstić information content (AvgIpc) is 2.58. The molecule has 2 saturated heterocycles. The number of carbonyl (C=O) groups excluding carboxylic acids is 2. The zero-order chi connectivity index (χ0) is 16.7. The lowest BCUT2D eigenvalue weighted by Crippen LogP contribution is -2.46. The Morgan fingerprint density at radius 2 is 1.52 bits per heavy atom. The molecule has 2 heterocycles. The summed E-state index contributed by atoms with van der Waals surface area (Å²) in [5.41, 5.74) is 0. The van der Waals surface area contributed by atoms with Crippen LogP contribution in [0.15, 0.2) is 0 Å². The molecule has 23 heavy (non-hydrogen) atoms. The van der Waals surface area contributed by atoms with Gasteiger partial charge in [0.2, 0.25) is 5.91 Å². The normalized spacial score (nSPS) is 21.6. The molecule has 0 aromatic heterocycles. The minimum atomic E-state index is 0.108. The quantitative estimate of drug-likeness (QED) is 0.714. The Kier molecular flexibility index (Phi) is 7.50. The van der Waals surface area contributed by atoms with Crippen molar-refractivity contribution in [2.45, 2.75) is 46.0 Å². The van der Waals surface area contributed by atoms with Gasteiger partial charge in [-0.1, -0.05) is 6.92 Å². The van der Waals surface area contributed by atoms with Gasteiger partial charge >= 0.3 is 0 Å². The molecule has 2 rings (SSSR count). The molecule has 0 bridgehead atoms. The molecule has 0 aliphatic carbocycles. The molecule has 0 aromatic carbocycles. The van der Waals surface area contributed by atoms with E-state index in [1.165, 1.54) is 45.7 Å². The lowest BCUT2D eigenvalue weighted by atomic mass is 9.93. The molecular formula is C18H33N3O2. The van der Waals surface area contributed by atoms with Gasteiger partial charge < -0.3 is 19.5 Å². The van der Waals surface area contributed by atoms with Crippen molar-refractivity contribution in [3.8, 4) is 0 Å². The summed E-state index contributed by atoms with van der Waals surface area (Å²) >= 11 is 0. The lowest BCUT2D eigenvalue weighted by molar-refractivity contribution is -0.134. The highest BCUT2D eigenvalue weighted by Gasteiger charge is 2.23. The van der Waals surface area contributed by atoms with Crippen LogP contribution in [0.4, 0.5) is 0 Å². The zero-order valence-corrected chi connectivity index (χ0v) is 14.9. The van der Waals surface area contributed by atoms with Crippen LogP contribution in [0.3, 0.4) is 0 Å². The van der Waals surface area contributed by atoms with Crippen LogP contribution < -0.4 is 0 Å². The second-order valence-corrected chi connectivity index (χ2v) is 7.09. The molecule has 2 aliphatic rings. The van der Waals surface area contributed by atoms with Gasteiger partial charge in [0.1, 0.15) is 5.78 Å². The zero-order valence-electron chi connectivity index (χ0n) is 14.9. The maximum absolute atomic E-state index is 12.0. The molecule has 0 unspecified atom stereocenters. The highest BCUT2D eigenvalue weighted by molar-refractivity contribution is 5.83. The molecule has 5 heteroatoms. The van der Waals surface area contributed by atoms with E-state index in [0.29, 0.717) is 12.8 Å². The highest BCUT2D eigenvalue weighted by Crippen LogP contribution is 2.22. The Balaban J connectivity index is 1.59. The number of likely N-dealkylation sites (tertiary alicyclic amines) is 1. The first-order chi connectivity index (χ1) is 11.1. The van der Waals surface area contributed by atoms with E-state index in [9.17, 15) is 9.59 Å². The molecule has 1 amide bonds. The number of carbonyl (C=O) groups is 2. The summed E-state index contributed by atoms with van der Waals surface area (Å²) < 4.78 is 0. The van der Waals surface area contributed by atoms with Crippen molar-refractivity contribution in [2.75, 3.05) is 52.4 Å². The number of piperidine rings is 1. The summed E-state index contributed by atoms with van der Waals surface area (Å²) in [4.78, 5) is 30.1. The maximum atomic E-state index is 12.0. The molecule has 0 saturated carbocycles. The van der Waals surface area contributed by atoms with Crippen molar-refractivity contribution in [1.82, 2.24) is 14.7 Å². The summed E-state index contributed by atoms with van der Waals surface area (Å²) in [6.07, 6.45) is 4.30. The lowest BCUT2D eigenvalue weighted by Gasteiger charge is -2.36. The van der Waals surface area contributed by atoms with Crippen molar-refractivity contribution in [3.05, 3.63) is 0 Å². The van der Waals surface area contributed by atoms with Gasteiger partial charge in [-0.2, -0.15) is 0 Å². The number of rotatable bonds is 7. The van der Waals surface area contributed by atoms with E-state index in [1.807, 2.05) is 4.90 Å². The second-order valence-electron chi connectivity index (χ2n) is 7.09. The first kappa shape index (κ1) is 18.4. The second kappa shape index (κ2) is 9.38. The summed E-state index contributed by atoms with van der Waals surface area (Å²) in [5.74, 6) is 1.03. The van der Waals surface area contributed by atoms with E-state index in [-0.39, 0.29) is 11.7 Å². The predicted molar refractivity (Wildman–Crippen MR) is 92.4 cm³/mol. The van der Waals surface area contributed by atoms with E-state index in [4.69, 9.17) is 0 Å². The van der Waals surface area contributed by atoms with Gasteiger partial charge in [0.15, 0.2) is 0 Å². The van der Waals surface area contributed by atoms with Gasteiger partial charge in [-0.25, -0.2) is 0 Å². The van der Waals surface area contributed by atoms with Crippen LogP contribution in [-0.4, -0.2) is 78.7 Å². The van der Waals surface area contributed by atoms with Crippen LogP contribution in [-0.2, 0) is 9.59 Å². The van der Waals surface area contributed by atoms with Crippen molar-refractivity contribution >= 4 is 11.7 Å². The molecule has 0 spiro atoms. The monoisotopic (exact) mass is 323 g/mol. The molecule has 0 aromatic rings. The molecule has 2 aliphatic heterocycles. The van der Waals surface area contributed by atoms with E-state index < -0.39 is 0 Å². The van der Waals surface area contributed by atoms with Crippen LogP contribution in [0.5, 0.6) is 0 Å². The van der Waals surface area contributed by atoms with Gasteiger partial charge in [-0.15, -0.1) is 0 Å². The Morgan fingerprint density at radius 1 is 0.913 bits per heavy atom. The van der Waals surface area contributed by atoms with Crippen molar-refractivity contribution in [1.29, 1.82) is 0 Å². The van der Waals surface area contributed by atoms with E-state index in [0.717, 1.165) is 31.8 Å². The Hall–Kier alpha value is -0.940. The van der Waals surface area contributed by atoms with Gasteiger partial charge in [0, 0.05) is 52.1 Å². The molecule has 5 nitrogen and oxygen atoms in total. The highest BCUT2D eigenvalue weighted by atomic mass is 16.2. The number of Topliss-reactive ketones (excluding diaryl/α,β-unsaturated/α-hetero) is 1. The van der Waals surface area contributed by atoms with Crippen LogP contribution in [0, 0.1) is 5.92 Å². The Bertz CT molecular complexity index is 384. The SMILES string of the molecule is CCN1CCN(CCC2CCN(C(=O)CCC(C)=O)CC2)CC1. The topological polar surface area (TPSA) is 43.9 Å². The van der Waals surface area contributed by atoms with Crippen LogP contribution in [0.1, 0.15) is 46.0 Å². The number of piperazine rings is 1. The first-order valence-corrected chi connectivity index (χ1v) is 9.30. The third-order valence-electron chi connectivity index (χ3n) is 5.42. The fourth-order valence-electron chi connectivity index (χ4n) is 3.61. The van der Waals surface area contributed by atoms with E-state index in [1.54, 1.807) is 6.92 Å². The summed E-state index contributed by atoms with van der Waals surface area (Å²) in [7, 11) is 0.